The molecule has 3 rings (SSSR count). The zero-order chi connectivity index (χ0) is 24.9. The van der Waals surface area contributed by atoms with Crippen LogP contribution in [0.3, 0.4) is 0 Å². The first kappa shape index (κ1) is 27.4. The van der Waals surface area contributed by atoms with Crippen molar-refractivity contribution in [3.8, 4) is 0 Å². The molecule has 0 bridgehead atoms. The first-order valence-electron chi connectivity index (χ1n) is 11.9. The van der Waals surface area contributed by atoms with Gasteiger partial charge in [-0.2, -0.15) is 0 Å². The van der Waals surface area contributed by atoms with Crippen molar-refractivity contribution in [2.45, 2.75) is 63.4 Å². The second kappa shape index (κ2) is 14.4. The smallest absolute Gasteiger partial charge is 0.223 e. The molecule has 2 aliphatic rings. The van der Waals surface area contributed by atoms with E-state index in [1.807, 2.05) is 17.9 Å². The number of aromatic nitrogens is 2. The quantitative estimate of drug-likeness (QED) is 0.123. The fraction of sp³-hybridized carbons (Fsp3) is 0.500. The summed E-state index contributed by atoms with van der Waals surface area (Å²) in [5.41, 5.74) is 4.99. The lowest BCUT2D eigenvalue weighted by molar-refractivity contribution is -0.131. The average Bonchev–Trinajstić information content (AvgIpc) is 3.57. The van der Waals surface area contributed by atoms with Gasteiger partial charge in [0.25, 0.3) is 0 Å². The number of rotatable bonds is 9. The number of hydrogen-bond donors (Lipinski definition) is 3. The number of carbonyl (C=O) groups excluding carboxylic acids is 2. The molecule has 34 heavy (non-hydrogen) atoms. The van der Waals surface area contributed by atoms with E-state index >= 15 is 0 Å². The Morgan fingerprint density at radius 3 is 2.76 bits per heavy atom. The largest absolute Gasteiger partial charge is 0.345 e. The van der Waals surface area contributed by atoms with Crippen molar-refractivity contribution < 1.29 is 9.59 Å². The zero-order valence-corrected chi connectivity index (χ0v) is 21.2. The molecule has 2 atom stereocenters. The van der Waals surface area contributed by atoms with Crippen LogP contribution < -0.4 is 0 Å². The zero-order valence-electron chi connectivity index (χ0n) is 20.3. The van der Waals surface area contributed by atoms with Crippen molar-refractivity contribution in [1.29, 1.82) is 5.41 Å². The minimum Gasteiger partial charge on any atom is -0.345 e. The van der Waals surface area contributed by atoms with Crippen LogP contribution in [0.2, 0.25) is 0 Å². The van der Waals surface area contributed by atoms with Crippen LogP contribution >= 0.6 is 12.6 Å². The lowest BCUT2D eigenvalue weighted by Crippen LogP contribution is -2.33. The summed E-state index contributed by atoms with van der Waals surface area (Å²) in [4.78, 5) is 34.0. The molecule has 2 aliphatic heterocycles. The monoisotopic (exact) mass is 483 g/mol. The van der Waals surface area contributed by atoms with Crippen LogP contribution in [0, 0.1) is 11.3 Å². The number of thiol groups is 1. The number of carbonyl (C=O) groups is 2. The van der Waals surface area contributed by atoms with Gasteiger partial charge in [0.1, 0.15) is 10.9 Å². The van der Waals surface area contributed by atoms with Crippen LogP contribution in [0.4, 0.5) is 0 Å². The summed E-state index contributed by atoms with van der Waals surface area (Å²) in [7, 11) is 0. The van der Waals surface area contributed by atoms with Crippen LogP contribution in [0.1, 0.15) is 51.0 Å². The molecule has 0 aliphatic carbocycles. The molecule has 0 aromatic carbocycles. The number of nitrogens with one attached hydrogen (secondary N) is 2. The summed E-state index contributed by atoms with van der Waals surface area (Å²) >= 11 is 4.37. The lowest BCUT2D eigenvalue weighted by Gasteiger charge is -2.21. The first-order valence-corrected chi connectivity index (χ1v) is 12.3. The third kappa shape index (κ3) is 8.19. The highest BCUT2D eigenvalue weighted by Crippen LogP contribution is 2.22. The highest BCUT2D eigenvalue weighted by atomic mass is 32.1. The van der Waals surface area contributed by atoms with Gasteiger partial charge in [-0.15, -0.1) is 18.4 Å². The van der Waals surface area contributed by atoms with Gasteiger partial charge in [0.05, 0.1) is 5.69 Å². The molecule has 1 aromatic rings. The molecule has 0 saturated carbocycles. The van der Waals surface area contributed by atoms with Crippen molar-refractivity contribution in [1.82, 2.24) is 19.8 Å². The third-order valence-corrected chi connectivity index (χ3v) is 6.54. The maximum absolute atomic E-state index is 12.1. The fourth-order valence-electron chi connectivity index (χ4n) is 4.24. The Balaban J connectivity index is 0.000000257. The summed E-state index contributed by atoms with van der Waals surface area (Å²) in [6.07, 6.45) is 14.6. The molecular weight excluding hydrogens is 446 g/mol. The molecule has 0 radical (unpaired) electrons. The lowest BCUT2D eigenvalue weighted by atomic mass is 9.99. The Bertz CT molecular complexity index is 945. The van der Waals surface area contributed by atoms with E-state index in [2.05, 4.69) is 47.9 Å². The third-order valence-electron chi connectivity index (χ3n) is 6.17. The SMILES string of the molecule is C/C=C\Cc1[nH]c(CCC(=O)N2CCC[C@H]2C)nc1S.C=CC(=C=CC=N)C1CCN(C=O)C1. The van der Waals surface area contributed by atoms with Gasteiger partial charge in [0.15, 0.2) is 0 Å². The van der Waals surface area contributed by atoms with Crippen molar-refractivity contribution in [2.24, 2.45) is 5.92 Å². The minimum absolute atomic E-state index is 0.238. The van der Waals surface area contributed by atoms with Crippen LogP contribution in [0.5, 0.6) is 0 Å². The van der Waals surface area contributed by atoms with Crippen molar-refractivity contribution in [2.75, 3.05) is 19.6 Å². The van der Waals surface area contributed by atoms with E-state index < -0.39 is 0 Å². The van der Waals surface area contributed by atoms with E-state index in [0.29, 0.717) is 24.8 Å². The Morgan fingerprint density at radius 2 is 2.18 bits per heavy atom. The Kier molecular flexibility index (Phi) is 11.6. The van der Waals surface area contributed by atoms with E-state index in [9.17, 15) is 9.59 Å². The second-order valence-electron chi connectivity index (χ2n) is 8.56. The number of hydrogen-bond acceptors (Lipinski definition) is 5. The molecule has 2 fully saturated rings. The molecule has 0 spiro atoms. The summed E-state index contributed by atoms with van der Waals surface area (Å²) < 4.78 is 0. The molecular formula is C26H37N5O2S. The topological polar surface area (TPSA) is 93.2 Å². The molecule has 2 amide bonds. The van der Waals surface area contributed by atoms with Crippen molar-refractivity contribution >= 4 is 31.2 Å². The number of likely N-dealkylation sites (tertiary alicyclic amines) is 2. The highest BCUT2D eigenvalue weighted by molar-refractivity contribution is 7.80. The van der Waals surface area contributed by atoms with E-state index in [-0.39, 0.29) is 5.91 Å². The van der Waals surface area contributed by atoms with Crippen molar-refractivity contribution in [3.05, 3.63) is 53.7 Å². The average molecular weight is 484 g/mol. The van der Waals surface area contributed by atoms with Gasteiger partial charge in [-0.05, 0) is 44.8 Å². The van der Waals surface area contributed by atoms with Crippen LogP contribution in [0.15, 0.2) is 47.2 Å². The predicted molar refractivity (Wildman–Crippen MR) is 139 cm³/mol. The number of H-pyrrole nitrogens is 1. The van der Waals surface area contributed by atoms with Crippen LogP contribution in [-0.2, 0) is 22.4 Å². The maximum Gasteiger partial charge on any atom is 0.223 e. The Labute approximate surface area is 208 Å². The van der Waals surface area contributed by atoms with Gasteiger partial charge < -0.3 is 20.2 Å². The van der Waals surface area contributed by atoms with E-state index in [1.165, 1.54) is 6.21 Å². The molecule has 7 nitrogen and oxygen atoms in total. The van der Waals surface area contributed by atoms with Gasteiger partial charge in [0.2, 0.25) is 12.3 Å². The van der Waals surface area contributed by atoms with Gasteiger partial charge in [0, 0.05) is 57.1 Å². The summed E-state index contributed by atoms with van der Waals surface area (Å²) in [5, 5.41) is 7.60. The van der Waals surface area contributed by atoms with Crippen molar-refractivity contribution in [3.63, 3.8) is 0 Å². The summed E-state index contributed by atoms with van der Waals surface area (Å²) in [6, 6.07) is 0.393. The standard InChI is InChI=1S/C15H23N3OS.C11H14N2O/c1-3-4-7-12-15(20)17-13(16-12)8-9-14(19)18-10-5-6-11(18)2;1-2-10(4-3-6-12)11-5-7-13(8-11)9-14/h3-4,11,20H,5-10H2,1-2H3,(H,16,17);2-3,6,9,11-12H,1,5,7-8H2/b4-3-;/t11-;/m1./s1. The number of aryl methyl sites for hydroxylation is 1. The van der Waals surface area contributed by atoms with Gasteiger partial charge >= 0.3 is 0 Å². The van der Waals surface area contributed by atoms with Gasteiger partial charge in [-0.25, -0.2) is 4.98 Å². The van der Waals surface area contributed by atoms with Gasteiger partial charge in [-0.3, -0.25) is 9.59 Å². The Hall–Kier alpha value is -2.83. The maximum atomic E-state index is 12.1. The second-order valence-corrected chi connectivity index (χ2v) is 8.98. The number of nitrogens with zero attached hydrogens (tertiary/aromatic N) is 3. The first-order chi connectivity index (χ1) is 16.4. The molecule has 184 valence electrons. The van der Waals surface area contributed by atoms with E-state index in [1.54, 1.807) is 17.1 Å². The number of imidazole rings is 1. The summed E-state index contributed by atoms with van der Waals surface area (Å²) in [6.45, 7) is 10.3. The van der Waals surface area contributed by atoms with Crippen LogP contribution in [-0.4, -0.2) is 64.0 Å². The molecule has 2 N–H and O–H groups in total. The molecule has 1 aromatic heterocycles. The number of allylic oxidation sites excluding steroid dienone is 3. The molecule has 8 heteroatoms. The van der Waals surface area contributed by atoms with E-state index in [4.69, 9.17) is 5.41 Å². The molecule has 2 saturated heterocycles. The highest BCUT2D eigenvalue weighted by Gasteiger charge is 2.25. The molecule has 3 heterocycles. The fourth-order valence-corrected chi connectivity index (χ4v) is 4.51. The minimum atomic E-state index is 0.238. The molecule has 1 unspecified atom stereocenters. The van der Waals surface area contributed by atoms with Gasteiger partial charge in [-0.1, -0.05) is 24.8 Å². The normalized spacial score (nSPS) is 19.4. The van der Waals surface area contributed by atoms with Crippen LogP contribution in [0.25, 0.3) is 0 Å². The van der Waals surface area contributed by atoms with E-state index in [0.717, 1.165) is 73.8 Å². The Morgan fingerprint density at radius 1 is 1.38 bits per heavy atom. The predicted octanol–water partition coefficient (Wildman–Crippen LogP) is 4.14. The summed E-state index contributed by atoms with van der Waals surface area (Å²) in [5.74, 6) is 1.42. The number of amides is 2. The number of aromatic amines is 1.